The Hall–Kier alpha value is -1.75. The van der Waals surface area contributed by atoms with E-state index in [2.05, 4.69) is 20.4 Å². The first kappa shape index (κ1) is 13.0. The van der Waals surface area contributed by atoms with Gasteiger partial charge in [-0.3, -0.25) is 4.98 Å². The van der Waals surface area contributed by atoms with Crippen molar-refractivity contribution in [2.75, 3.05) is 0 Å². The summed E-state index contributed by atoms with van der Waals surface area (Å²) in [5, 5.41) is 7.80. The summed E-state index contributed by atoms with van der Waals surface area (Å²) in [4.78, 5) is 8.81. The van der Waals surface area contributed by atoms with E-state index in [0.717, 1.165) is 18.0 Å². The molecule has 5 heteroatoms. The smallest absolute Gasteiger partial charge is 0.244 e. The van der Waals surface area contributed by atoms with Crippen molar-refractivity contribution in [2.45, 2.75) is 50.6 Å². The monoisotopic (exact) mass is 284 g/mol. The number of hydrogen-bond donors (Lipinski definition) is 1. The number of rotatable bonds is 2. The van der Waals surface area contributed by atoms with Crippen LogP contribution in [0, 0.1) is 5.92 Å². The highest BCUT2D eigenvalue weighted by Crippen LogP contribution is 2.36. The van der Waals surface area contributed by atoms with E-state index in [9.17, 15) is 0 Å². The molecule has 3 atom stereocenters. The van der Waals surface area contributed by atoms with Crippen LogP contribution in [0.25, 0.3) is 11.5 Å². The lowest BCUT2D eigenvalue weighted by Gasteiger charge is -2.39. The van der Waals surface area contributed by atoms with Gasteiger partial charge in [-0.2, -0.15) is 4.98 Å². The predicted octanol–water partition coefficient (Wildman–Crippen LogP) is 3.11. The van der Waals surface area contributed by atoms with Crippen LogP contribution in [0.4, 0.5) is 0 Å². The standard InChI is InChI=1S/C16H20N4O/c1-2-6-12-11(5-1)8-9-14(18-12)16-19-15(20-21-16)13-7-3-4-10-17-13/h3-4,7,10-12,14,18H,1-2,5-6,8-9H2. The summed E-state index contributed by atoms with van der Waals surface area (Å²) in [6, 6.07) is 6.55. The molecule has 110 valence electrons. The van der Waals surface area contributed by atoms with E-state index in [-0.39, 0.29) is 6.04 Å². The van der Waals surface area contributed by atoms with Crippen LogP contribution in [0.15, 0.2) is 28.9 Å². The third kappa shape index (κ3) is 2.58. The Morgan fingerprint density at radius 2 is 2.05 bits per heavy atom. The fourth-order valence-corrected chi connectivity index (χ4v) is 3.67. The quantitative estimate of drug-likeness (QED) is 0.918. The maximum atomic E-state index is 5.47. The molecule has 1 aliphatic heterocycles. The first-order valence-electron chi connectivity index (χ1n) is 7.91. The van der Waals surface area contributed by atoms with Crippen LogP contribution in [-0.2, 0) is 0 Å². The van der Waals surface area contributed by atoms with Gasteiger partial charge in [-0.1, -0.05) is 24.1 Å². The van der Waals surface area contributed by atoms with E-state index < -0.39 is 0 Å². The summed E-state index contributed by atoms with van der Waals surface area (Å²) >= 11 is 0. The minimum atomic E-state index is 0.203. The Bertz CT molecular complexity index is 597. The second kappa shape index (κ2) is 5.56. The Morgan fingerprint density at radius 3 is 2.95 bits per heavy atom. The van der Waals surface area contributed by atoms with Crippen molar-refractivity contribution in [1.82, 2.24) is 20.4 Å². The lowest BCUT2D eigenvalue weighted by molar-refractivity contribution is 0.158. The van der Waals surface area contributed by atoms with Crippen LogP contribution in [-0.4, -0.2) is 21.2 Å². The molecule has 1 N–H and O–H groups in total. The highest BCUT2D eigenvalue weighted by Gasteiger charge is 2.34. The average molecular weight is 284 g/mol. The third-order valence-electron chi connectivity index (χ3n) is 4.78. The van der Waals surface area contributed by atoms with E-state index >= 15 is 0 Å². The molecule has 0 aromatic carbocycles. The largest absolute Gasteiger partial charge is 0.337 e. The number of piperidine rings is 1. The molecule has 2 aromatic heterocycles. The zero-order valence-corrected chi connectivity index (χ0v) is 12.0. The molecular weight excluding hydrogens is 264 g/mol. The van der Waals surface area contributed by atoms with Gasteiger partial charge in [-0.05, 0) is 43.7 Å². The van der Waals surface area contributed by atoms with Crippen molar-refractivity contribution >= 4 is 0 Å². The van der Waals surface area contributed by atoms with Crippen LogP contribution >= 0.6 is 0 Å². The number of fused-ring (bicyclic) bond motifs is 1. The molecule has 0 bridgehead atoms. The van der Waals surface area contributed by atoms with Crippen LogP contribution in [0.3, 0.4) is 0 Å². The maximum absolute atomic E-state index is 5.47. The lowest BCUT2D eigenvalue weighted by atomic mass is 9.78. The molecule has 0 amide bonds. The van der Waals surface area contributed by atoms with Crippen molar-refractivity contribution in [3.63, 3.8) is 0 Å². The molecule has 4 rings (SSSR count). The Kier molecular flexibility index (Phi) is 3.43. The van der Waals surface area contributed by atoms with E-state index in [4.69, 9.17) is 4.52 Å². The third-order valence-corrected chi connectivity index (χ3v) is 4.78. The van der Waals surface area contributed by atoms with Gasteiger partial charge in [0.2, 0.25) is 11.7 Å². The topological polar surface area (TPSA) is 63.8 Å². The summed E-state index contributed by atoms with van der Waals surface area (Å²) in [6.45, 7) is 0. The van der Waals surface area contributed by atoms with Gasteiger partial charge in [0.25, 0.3) is 0 Å². The zero-order valence-electron chi connectivity index (χ0n) is 12.0. The zero-order chi connectivity index (χ0) is 14.1. The van der Waals surface area contributed by atoms with E-state index in [1.165, 1.54) is 32.1 Å². The Morgan fingerprint density at radius 1 is 1.10 bits per heavy atom. The van der Waals surface area contributed by atoms with Crippen LogP contribution < -0.4 is 5.32 Å². The molecule has 3 heterocycles. The second-order valence-corrected chi connectivity index (χ2v) is 6.12. The highest BCUT2D eigenvalue weighted by molar-refractivity contribution is 5.47. The molecule has 0 radical (unpaired) electrons. The minimum absolute atomic E-state index is 0.203. The maximum Gasteiger partial charge on any atom is 0.244 e. The molecule has 2 aromatic rings. The summed E-state index contributed by atoms with van der Waals surface area (Å²) in [5.41, 5.74) is 0.763. The van der Waals surface area contributed by atoms with Gasteiger partial charge in [0.15, 0.2) is 0 Å². The van der Waals surface area contributed by atoms with Gasteiger partial charge in [-0.15, -0.1) is 0 Å². The van der Waals surface area contributed by atoms with E-state index in [1.807, 2.05) is 18.2 Å². The summed E-state index contributed by atoms with van der Waals surface area (Å²) in [7, 11) is 0. The SMILES string of the molecule is c1ccc(-c2noc(C3CCC4CCCCC4N3)n2)nc1. The van der Waals surface area contributed by atoms with Crippen LogP contribution in [0.2, 0.25) is 0 Å². The van der Waals surface area contributed by atoms with Gasteiger partial charge in [0.1, 0.15) is 5.69 Å². The van der Waals surface area contributed by atoms with Crippen LogP contribution in [0.1, 0.15) is 50.5 Å². The first-order chi connectivity index (χ1) is 10.4. The van der Waals surface area contributed by atoms with Crippen LogP contribution in [0.5, 0.6) is 0 Å². The lowest BCUT2D eigenvalue weighted by Crippen LogP contribution is -2.44. The minimum Gasteiger partial charge on any atom is -0.337 e. The van der Waals surface area contributed by atoms with Crippen molar-refractivity contribution in [3.8, 4) is 11.5 Å². The Balaban J connectivity index is 1.51. The van der Waals surface area contributed by atoms with Crippen molar-refractivity contribution < 1.29 is 4.52 Å². The van der Waals surface area contributed by atoms with E-state index in [0.29, 0.717) is 17.8 Å². The van der Waals surface area contributed by atoms with Gasteiger partial charge in [-0.25, -0.2) is 0 Å². The van der Waals surface area contributed by atoms with Gasteiger partial charge >= 0.3 is 0 Å². The highest BCUT2D eigenvalue weighted by atomic mass is 16.5. The first-order valence-corrected chi connectivity index (χ1v) is 7.91. The second-order valence-electron chi connectivity index (χ2n) is 6.12. The predicted molar refractivity (Wildman–Crippen MR) is 78.4 cm³/mol. The number of nitrogens with one attached hydrogen (secondary N) is 1. The van der Waals surface area contributed by atoms with Gasteiger partial charge in [0, 0.05) is 12.2 Å². The fraction of sp³-hybridized carbons (Fsp3) is 0.562. The molecule has 2 fully saturated rings. The summed E-state index contributed by atoms with van der Waals surface area (Å²) in [6.07, 6.45) is 9.48. The summed E-state index contributed by atoms with van der Waals surface area (Å²) in [5.74, 6) is 2.13. The fourth-order valence-electron chi connectivity index (χ4n) is 3.67. The number of nitrogens with zero attached hydrogens (tertiary/aromatic N) is 3. The molecule has 2 aliphatic rings. The molecule has 0 spiro atoms. The number of aromatic nitrogens is 3. The van der Waals surface area contributed by atoms with E-state index in [1.54, 1.807) is 6.20 Å². The number of pyridine rings is 1. The molecule has 3 unspecified atom stereocenters. The van der Waals surface area contributed by atoms with Crippen molar-refractivity contribution in [2.24, 2.45) is 5.92 Å². The average Bonchev–Trinajstić information content (AvgIpc) is 3.05. The molecular formula is C16H20N4O. The van der Waals surface area contributed by atoms with Crippen molar-refractivity contribution in [1.29, 1.82) is 0 Å². The van der Waals surface area contributed by atoms with Gasteiger partial charge in [0.05, 0.1) is 6.04 Å². The normalized spacial score (nSPS) is 29.0. The molecule has 1 saturated carbocycles. The molecule has 1 saturated heterocycles. The molecule has 1 aliphatic carbocycles. The summed E-state index contributed by atoms with van der Waals surface area (Å²) < 4.78 is 5.47. The van der Waals surface area contributed by atoms with Crippen molar-refractivity contribution in [3.05, 3.63) is 30.3 Å². The number of hydrogen-bond acceptors (Lipinski definition) is 5. The van der Waals surface area contributed by atoms with Gasteiger partial charge < -0.3 is 9.84 Å². The molecule has 5 nitrogen and oxygen atoms in total. The molecule has 21 heavy (non-hydrogen) atoms. The Labute approximate surface area is 124 Å².